The number of rotatable bonds is 4. The Hall–Kier alpha value is -3.42. The van der Waals surface area contributed by atoms with Gasteiger partial charge in [-0.3, -0.25) is 18.7 Å². The molecule has 8 heteroatoms. The van der Waals surface area contributed by atoms with Crippen molar-refractivity contribution < 1.29 is 4.79 Å². The Morgan fingerprint density at radius 1 is 1.11 bits per heavy atom. The Labute approximate surface area is 162 Å². The standard InChI is InChI=1S/C20H23N5O3/c1-12-8-6-7-9-16(12)25-14(3)15(11-21-25)13(2)22-19(27)17-10-18(26)24(5)20(28)23(17)4/h6-11,13H,1-5H3,(H,22,27)/t13-/m1/s1. The highest BCUT2D eigenvalue weighted by atomic mass is 16.2. The first-order chi connectivity index (χ1) is 13.2. The van der Waals surface area contributed by atoms with Crippen molar-refractivity contribution in [1.29, 1.82) is 0 Å². The molecule has 0 aliphatic carbocycles. The quantitative estimate of drug-likeness (QED) is 0.739. The Morgan fingerprint density at radius 3 is 2.46 bits per heavy atom. The highest BCUT2D eigenvalue weighted by molar-refractivity contribution is 5.92. The Balaban J connectivity index is 1.90. The molecule has 0 radical (unpaired) electrons. The van der Waals surface area contributed by atoms with Crippen LogP contribution < -0.4 is 16.6 Å². The predicted octanol–water partition coefficient (Wildman–Crippen LogP) is 1.38. The Morgan fingerprint density at radius 2 is 1.79 bits per heavy atom. The van der Waals surface area contributed by atoms with Crippen LogP contribution in [-0.2, 0) is 14.1 Å². The molecule has 0 aliphatic heterocycles. The first-order valence-corrected chi connectivity index (χ1v) is 8.90. The third-order valence-corrected chi connectivity index (χ3v) is 4.96. The molecule has 0 aliphatic rings. The smallest absolute Gasteiger partial charge is 0.331 e. The molecule has 0 fully saturated rings. The number of nitrogens with zero attached hydrogens (tertiary/aromatic N) is 4. The summed E-state index contributed by atoms with van der Waals surface area (Å²) in [4.78, 5) is 36.6. The van der Waals surface area contributed by atoms with Crippen molar-refractivity contribution in [1.82, 2.24) is 24.2 Å². The summed E-state index contributed by atoms with van der Waals surface area (Å²) in [6, 6.07) is 8.72. The molecule has 1 aromatic carbocycles. The predicted molar refractivity (Wildman–Crippen MR) is 106 cm³/mol. The van der Waals surface area contributed by atoms with Crippen LogP contribution in [0, 0.1) is 13.8 Å². The van der Waals surface area contributed by atoms with Gasteiger partial charge in [-0.15, -0.1) is 0 Å². The maximum Gasteiger partial charge on any atom is 0.331 e. The van der Waals surface area contributed by atoms with Gasteiger partial charge in [-0.2, -0.15) is 5.10 Å². The van der Waals surface area contributed by atoms with Crippen molar-refractivity contribution in [3.05, 3.63) is 79.9 Å². The summed E-state index contributed by atoms with van der Waals surface area (Å²) in [7, 11) is 2.83. The average molecular weight is 381 g/mol. The molecule has 2 heterocycles. The van der Waals surface area contributed by atoms with E-state index in [1.807, 2.05) is 49.7 Å². The van der Waals surface area contributed by atoms with Crippen LogP contribution in [-0.4, -0.2) is 24.8 Å². The summed E-state index contributed by atoms with van der Waals surface area (Å²) in [5.41, 5.74) is 2.76. The Kier molecular flexibility index (Phi) is 5.04. The zero-order valence-corrected chi connectivity index (χ0v) is 16.6. The minimum Gasteiger partial charge on any atom is -0.344 e. The number of nitrogens with one attached hydrogen (secondary N) is 1. The van der Waals surface area contributed by atoms with E-state index in [4.69, 9.17) is 0 Å². The van der Waals surface area contributed by atoms with Gasteiger partial charge in [-0.25, -0.2) is 9.48 Å². The van der Waals surface area contributed by atoms with Gasteiger partial charge in [-0.1, -0.05) is 18.2 Å². The van der Waals surface area contributed by atoms with E-state index in [1.54, 1.807) is 6.20 Å². The summed E-state index contributed by atoms with van der Waals surface area (Å²) in [5, 5.41) is 7.31. The van der Waals surface area contributed by atoms with E-state index in [-0.39, 0.29) is 11.7 Å². The van der Waals surface area contributed by atoms with Crippen molar-refractivity contribution in [2.24, 2.45) is 14.1 Å². The first-order valence-electron chi connectivity index (χ1n) is 8.90. The van der Waals surface area contributed by atoms with E-state index in [0.29, 0.717) is 0 Å². The number of amides is 1. The zero-order chi connectivity index (χ0) is 20.6. The lowest BCUT2D eigenvalue weighted by Gasteiger charge is -2.16. The molecule has 0 bridgehead atoms. The van der Waals surface area contributed by atoms with E-state index >= 15 is 0 Å². The second kappa shape index (κ2) is 7.30. The number of aromatic nitrogens is 4. The number of hydrogen-bond donors (Lipinski definition) is 1. The number of carbonyl (C=O) groups excluding carboxylic acids is 1. The van der Waals surface area contributed by atoms with Crippen LogP contribution in [0.25, 0.3) is 5.69 Å². The van der Waals surface area contributed by atoms with Crippen LogP contribution in [0.4, 0.5) is 0 Å². The van der Waals surface area contributed by atoms with Crippen molar-refractivity contribution in [2.75, 3.05) is 0 Å². The van der Waals surface area contributed by atoms with E-state index in [0.717, 1.165) is 37.7 Å². The van der Waals surface area contributed by atoms with Crippen molar-refractivity contribution in [3.8, 4) is 5.69 Å². The van der Waals surface area contributed by atoms with Crippen LogP contribution in [0.1, 0.15) is 40.3 Å². The van der Waals surface area contributed by atoms with Gasteiger partial charge >= 0.3 is 5.69 Å². The fourth-order valence-corrected chi connectivity index (χ4v) is 3.19. The number of aryl methyl sites for hydroxylation is 1. The molecule has 2 aromatic heterocycles. The topological polar surface area (TPSA) is 90.9 Å². The maximum atomic E-state index is 12.7. The number of hydrogen-bond acceptors (Lipinski definition) is 4. The van der Waals surface area contributed by atoms with Crippen LogP contribution >= 0.6 is 0 Å². The lowest BCUT2D eigenvalue weighted by Crippen LogP contribution is -2.41. The number of carbonyl (C=O) groups is 1. The van der Waals surface area contributed by atoms with Gasteiger partial charge in [0.25, 0.3) is 11.5 Å². The van der Waals surface area contributed by atoms with Crippen molar-refractivity contribution in [2.45, 2.75) is 26.8 Å². The molecule has 146 valence electrons. The van der Waals surface area contributed by atoms with Gasteiger partial charge in [0.15, 0.2) is 0 Å². The van der Waals surface area contributed by atoms with E-state index in [2.05, 4.69) is 10.4 Å². The molecule has 3 rings (SSSR count). The first kappa shape index (κ1) is 19.3. The number of para-hydroxylation sites is 1. The summed E-state index contributed by atoms with van der Waals surface area (Å²) in [5.74, 6) is -0.493. The minimum absolute atomic E-state index is 0.0175. The highest BCUT2D eigenvalue weighted by Crippen LogP contribution is 2.22. The average Bonchev–Trinajstić information content (AvgIpc) is 3.04. The third kappa shape index (κ3) is 3.28. The molecular weight excluding hydrogens is 358 g/mol. The fraction of sp³-hybridized carbons (Fsp3) is 0.300. The van der Waals surface area contributed by atoms with E-state index in [1.165, 1.54) is 14.1 Å². The van der Waals surface area contributed by atoms with Crippen LogP contribution in [0.2, 0.25) is 0 Å². The van der Waals surface area contributed by atoms with Crippen LogP contribution in [0.15, 0.2) is 46.1 Å². The molecule has 0 spiro atoms. The van der Waals surface area contributed by atoms with Crippen LogP contribution in [0.5, 0.6) is 0 Å². The SMILES string of the molecule is Cc1ccccc1-n1ncc([C@@H](C)NC(=O)c2cc(=O)n(C)c(=O)n2C)c1C. The number of benzene rings is 1. The summed E-state index contributed by atoms with van der Waals surface area (Å²) in [6.45, 7) is 5.78. The van der Waals surface area contributed by atoms with Gasteiger partial charge in [0, 0.05) is 31.4 Å². The molecule has 28 heavy (non-hydrogen) atoms. The Bertz CT molecular complexity index is 1170. The molecule has 8 nitrogen and oxygen atoms in total. The molecule has 0 unspecified atom stereocenters. The lowest BCUT2D eigenvalue weighted by atomic mass is 10.1. The molecule has 1 N–H and O–H groups in total. The van der Waals surface area contributed by atoms with Gasteiger partial charge in [-0.05, 0) is 32.4 Å². The zero-order valence-electron chi connectivity index (χ0n) is 16.6. The molecule has 0 saturated carbocycles. The lowest BCUT2D eigenvalue weighted by molar-refractivity contribution is 0.0929. The second-order valence-electron chi connectivity index (χ2n) is 6.85. The van der Waals surface area contributed by atoms with E-state index < -0.39 is 17.2 Å². The third-order valence-electron chi connectivity index (χ3n) is 4.96. The monoisotopic (exact) mass is 381 g/mol. The molecule has 1 amide bonds. The highest BCUT2D eigenvalue weighted by Gasteiger charge is 2.20. The van der Waals surface area contributed by atoms with Crippen LogP contribution in [0.3, 0.4) is 0 Å². The summed E-state index contributed by atoms with van der Waals surface area (Å²) >= 11 is 0. The normalized spacial score (nSPS) is 12.0. The van der Waals surface area contributed by atoms with E-state index in [9.17, 15) is 14.4 Å². The molecule has 3 aromatic rings. The van der Waals surface area contributed by atoms with Crippen molar-refractivity contribution in [3.63, 3.8) is 0 Å². The van der Waals surface area contributed by atoms with Gasteiger partial charge in [0.2, 0.25) is 0 Å². The minimum atomic E-state index is -0.547. The molecular formula is C20H23N5O3. The second-order valence-corrected chi connectivity index (χ2v) is 6.85. The van der Waals surface area contributed by atoms with Gasteiger partial charge in [0.1, 0.15) is 5.69 Å². The largest absolute Gasteiger partial charge is 0.344 e. The van der Waals surface area contributed by atoms with Gasteiger partial charge in [0.05, 0.1) is 17.9 Å². The van der Waals surface area contributed by atoms with Gasteiger partial charge < -0.3 is 5.32 Å². The van der Waals surface area contributed by atoms with Crippen molar-refractivity contribution >= 4 is 5.91 Å². The molecule has 1 atom stereocenters. The maximum absolute atomic E-state index is 12.7. The summed E-state index contributed by atoms with van der Waals surface area (Å²) < 4.78 is 3.95. The fourth-order valence-electron chi connectivity index (χ4n) is 3.19. The molecule has 0 saturated heterocycles. The summed E-state index contributed by atoms with van der Waals surface area (Å²) in [6.07, 6.45) is 1.72.